The van der Waals surface area contributed by atoms with Crippen LogP contribution < -0.4 is 0 Å². The lowest BCUT2D eigenvalue weighted by molar-refractivity contribution is 0.147. The second-order valence-electron chi connectivity index (χ2n) is 7.52. The molecule has 0 N–H and O–H groups in total. The van der Waals surface area contributed by atoms with E-state index in [9.17, 15) is 0 Å². The summed E-state index contributed by atoms with van der Waals surface area (Å²) in [5, 5.41) is 7.17. The van der Waals surface area contributed by atoms with E-state index in [-0.39, 0.29) is 0 Å². The van der Waals surface area contributed by atoms with Gasteiger partial charge in [0.15, 0.2) is 0 Å². The zero-order valence-corrected chi connectivity index (χ0v) is 15.9. The molecule has 2 nitrogen and oxygen atoms in total. The number of allylic oxidation sites excluding steroid dienone is 4. The molecule has 1 heterocycles. The second kappa shape index (κ2) is 8.50. The van der Waals surface area contributed by atoms with Gasteiger partial charge in [-0.25, -0.2) is 0 Å². The quantitative estimate of drug-likeness (QED) is 0.555. The van der Waals surface area contributed by atoms with Crippen molar-refractivity contribution in [3.63, 3.8) is 0 Å². The maximum atomic E-state index is 4.97. The van der Waals surface area contributed by atoms with E-state index in [1.54, 1.807) is 6.08 Å². The Morgan fingerprint density at radius 3 is 2.62 bits per heavy atom. The van der Waals surface area contributed by atoms with Gasteiger partial charge in [-0.05, 0) is 50.2 Å². The lowest BCUT2D eigenvalue weighted by Gasteiger charge is -2.44. The Kier molecular flexibility index (Phi) is 6.65. The molecule has 1 atom stereocenters. The Bertz CT molecular complexity index is 546. The zero-order chi connectivity index (χ0) is 17.6. The van der Waals surface area contributed by atoms with Gasteiger partial charge in [-0.3, -0.25) is 5.01 Å². The SMILES string of the molecule is C=C/C=C\C(=C/C)C(=C)CN1CCC(C)(C2CCCCC2)C(C)=N1. The molecule has 0 aromatic carbocycles. The minimum absolute atomic E-state index is 0.296. The molecule has 2 heteroatoms. The molecule has 0 saturated heterocycles. The fourth-order valence-electron chi connectivity index (χ4n) is 4.17. The molecule has 0 aromatic heterocycles. The third-order valence-corrected chi connectivity index (χ3v) is 6.02. The summed E-state index contributed by atoms with van der Waals surface area (Å²) in [5.41, 5.74) is 3.90. The molecule has 1 aliphatic heterocycles. The normalized spacial score (nSPS) is 26.5. The van der Waals surface area contributed by atoms with Crippen molar-refractivity contribution in [1.82, 2.24) is 5.01 Å². The van der Waals surface area contributed by atoms with E-state index >= 15 is 0 Å². The van der Waals surface area contributed by atoms with Crippen molar-refractivity contribution < 1.29 is 0 Å². The predicted molar refractivity (Wildman–Crippen MR) is 106 cm³/mol. The van der Waals surface area contributed by atoms with Crippen molar-refractivity contribution in [2.75, 3.05) is 13.1 Å². The van der Waals surface area contributed by atoms with Gasteiger partial charge < -0.3 is 0 Å². The van der Waals surface area contributed by atoms with Crippen LogP contribution in [0.5, 0.6) is 0 Å². The van der Waals surface area contributed by atoms with Crippen molar-refractivity contribution in [3.8, 4) is 0 Å². The van der Waals surface area contributed by atoms with Crippen molar-refractivity contribution in [2.24, 2.45) is 16.4 Å². The Morgan fingerprint density at radius 1 is 1.33 bits per heavy atom. The van der Waals surface area contributed by atoms with Gasteiger partial charge in [0.05, 0.1) is 6.54 Å². The number of rotatable bonds is 6. The van der Waals surface area contributed by atoms with Crippen molar-refractivity contribution in [1.29, 1.82) is 0 Å². The van der Waals surface area contributed by atoms with Gasteiger partial charge in [-0.2, -0.15) is 5.10 Å². The van der Waals surface area contributed by atoms with Crippen LogP contribution in [0.15, 0.2) is 53.7 Å². The molecule has 1 unspecified atom stereocenters. The first-order valence-electron chi connectivity index (χ1n) is 9.45. The van der Waals surface area contributed by atoms with E-state index in [2.05, 4.69) is 51.1 Å². The standard InChI is InChI=1S/C22H34N2/c1-6-8-12-20(7-2)18(3)17-24-16-15-22(5,19(4)23-24)21-13-10-9-11-14-21/h6-8,12,21H,1,3,9-11,13-17H2,2,4-5H3/b12-8-,20-7+. The van der Waals surface area contributed by atoms with E-state index in [0.29, 0.717) is 5.41 Å². The summed E-state index contributed by atoms with van der Waals surface area (Å²) in [6.07, 6.45) is 16.1. The molecule has 1 aliphatic carbocycles. The smallest absolute Gasteiger partial charge is 0.0610 e. The maximum absolute atomic E-state index is 4.97. The summed E-state index contributed by atoms with van der Waals surface area (Å²) in [6, 6.07) is 0. The number of hydrazone groups is 1. The second-order valence-corrected chi connectivity index (χ2v) is 7.52. The van der Waals surface area contributed by atoms with Gasteiger partial charge in [-0.1, -0.05) is 63.6 Å². The molecule has 0 radical (unpaired) electrons. The highest BCUT2D eigenvalue weighted by molar-refractivity contribution is 5.88. The van der Waals surface area contributed by atoms with Gasteiger partial charge in [-0.15, -0.1) is 0 Å². The minimum atomic E-state index is 0.296. The summed E-state index contributed by atoms with van der Waals surface area (Å²) >= 11 is 0. The van der Waals surface area contributed by atoms with Crippen LogP contribution in [0.1, 0.15) is 59.3 Å². The van der Waals surface area contributed by atoms with E-state index in [1.807, 2.05) is 6.08 Å². The van der Waals surface area contributed by atoms with Crippen LogP contribution in [0.3, 0.4) is 0 Å². The van der Waals surface area contributed by atoms with Gasteiger partial charge in [0, 0.05) is 17.7 Å². The van der Waals surface area contributed by atoms with Crippen LogP contribution in [0.25, 0.3) is 0 Å². The fraction of sp³-hybridized carbons (Fsp3) is 0.591. The van der Waals surface area contributed by atoms with Crippen LogP contribution in [0.4, 0.5) is 0 Å². The highest BCUT2D eigenvalue weighted by Gasteiger charge is 2.39. The monoisotopic (exact) mass is 326 g/mol. The lowest BCUT2D eigenvalue weighted by atomic mass is 9.65. The van der Waals surface area contributed by atoms with Crippen LogP contribution in [0.2, 0.25) is 0 Å². The number of nitrogens with zero attached hydrogens (tertiary/aromatic N) is 2. The molecule has 2 aliphatic rings. The average molecular weight is 327 g/mol. The summed E-state index contributed by atoms with van der Waals surface area (Å²) < 4.78 is 0. The molecule has 1 fully saturated rings. The van der Waals surface area contributed by atoms with Gasteiger partial charge >= 0.3 is 0 Å². The number of hydrogen-bond donors (Lipinski definition) is 0. The van der Waals surface area contributed by atoms with E-state index in [1.165, 1.54) is 49.8 Å². The summed E-state index contributed by atoms with van der Waals surface area (Å²) in [7, 11) is 0. The Morgan fingerprint density at radius 2 is 2.04 bits per heavy atom. The van der Waals surface area contributed by atoms with Crippen molar-refractivity contribution >= 4 is 5.71 Å². The molecule has 0 spiro atoms. The first-order chi connectivity index (χ1) is 11.5. The summed E-state index contributed by atoms with van der Waals surface area (Å²) in [6.45, 7) is 16.6. The Labute approximate surface area is 148 Å². The van der Waals surface area contributed by atoms with Gasteiger partial charge in [0.1, 0.15) is 0 Å². The van der Waals surface area contributed by atoms with E-state index in [0.717, 1.165) is 24.6 Å². The predicted octanol–water partition coefficient (Wildman–Crippen LogP) is 5.90. The third-order valence-electron chi connectivity index (χ3n) is 6.02. The molecule has 1 saturated carbocycles. The fourth-order valence-corrected chi connectivity index (χ4v) is 4.17. The van der Waals surface area contributed by atoms with Gasteiger partial charge in [0.25, 0.3) is 0 Å². The molecule has 0 aromatic rings. The molecule has 24 heavy (non-hydrogen) atoms. The molecule has 0 amide bonds. The largest absolute Gasteiger partial charge is 0.293 e. The van der Waals surface area contributed by atoms with Crippen LogP contribution in [-0.4, -0.2) is 23.8 Å². The molecular formula is C22H34N2. The van der Waals surface area contributed by atoms with E-state index in [4.69, 9.17) is 5.10 Å². The van der Waals surface area contributed by atoms with Gasteiger partial charge in [0.2, 0.25) is 0 Å². The molecular weight excluding hydrogens is 292 g/mol. The van der Waals surface area contributed by atoms with Crippen LogP contribution in [0, 0.1) is 11.3 Å². The van der Waals surface area contributed by atoms with Crippen LogP contribution in [-0.2, 0) is 0 Å². The lowest BCUT2D eigenvalue weighted by Crippen LogP contribution is -2.44. The van der Waals surface area contributed by atoms with Crippen molar-refractivity contribution in [3.05, 3.63) is 48.6 Å². The van der Waals surface area contributed by atoms with Crippen LogP contribution >= 0.6 is 0 Å². The molecule has 2 rings (SSSR count). The topological polar surface area (TPSA) is 15.6 Å². The highest BCUT2D eigenvalue weighted by Crippen LogP contribution is 2.43. The Hall–Kier alpha value is -1.57. The maximum Gasteiger partial charge on any atom is 0.0610 e. The average Bonchev–Trinajstić information content (AvgIpc) is 2.60. The zero-order valence-electron chi connectivity index (χ0n) is 15.9. The minimum Gasteiger partial charge on any atom is -0.293 e. The number of hydrogen-bond acceptors (Lipinski definition) is 2. The first-order valence-corrected chi connectivity index (χ1v) is 9.45. The Balaban J connectivity index is 2.03. The summed E-state index contributed by atoms with van der Waals surface area (Å²) in [4.78, 5) is 0. The highest BCUT2D eigenvalue weighted by atomic mass is 15.5. The molecule has 0 bridgehead atoms. The first kappa shape index (κ1) is 18.8. The molecule has 132 valence electrons. The third kappa shape index (κ3) is 4.28. The van der Waals surface area contributed by atoms with Crippen molar-refractivity contribution in [2.45, 2.75) is 59.3 Å². The summed E-state index contributed by atoms with van der Waals surface area (Å²) in [5.74, 6) is 0.821. The van der Waals surface area contributed by atoms with E-state index < -0.39 is 0 Å².